The highest BCUT2D eigenvalue weighted by Gasteiger charge is 2.16. The molecule has 14 heavy (non-hydrogen) atoms. The van der Waals surface area contributed by atoms with Crippen molar-refractivity contribution in [1.29, 1.82) is 0 Å². The van der Waals surface area contributed by atoms with E-state index in [1.807, 2.05) is 0 Å². The molecular formula is C7H11N3O4. The Morgan fingerprint density at radius 2 is 2.43 bits per heavy atom. The van der Waals surface area contributed by atoms with Crippen molar-refractivity contribution < 1.29 is 19.4 Å². The Morgan fingerprint density at radius 1 is 1.71 bits per heavy atom. The normalized spacial score (nSPS) is 12.5. The Hall–Kier alpha value is -1.47. The minimum atomic E-state index is -1.01. The molecular weight excluding hydrogens is 190 g/mol. The monoisotopic (exact) mass is 201 g/mol. The molecule has 1 aromatic rings. The van der Waals surface area contributed by atoms with Crippen LogP contribution in [0.15, 0.2) is 6.33 Å². The standard InChI is InChI=1S/C7H11N3O4/c1-13-5(11)3-10-4-8-9-6(10)7(12)14-2/h4-5,11H,3H2,1-2H3. The zero-order valence-electron chi connectivity index (χ0n) is 7.88. The molecule has 1 aromatic heterocycles. The smallest absolute Gasteiger partial charge is 0.376 e. The van der Waals surface area contributed by atoms with E-state index in [-0.39, 0.29) is 12.4 Å². The van der Waals surface area contributed by atoms with Gasteiger partial charge in [-0.1, -0.05) is 0 Å². The first kappa shape index (κ1) is 10.6. The Morgan fingerprint density at radius 3 is 3.00 bits per heavy atom. The third-order valence-corrected chi connectivity index (χ3v) is 1.61. The van der Waals surface area contributed by atoms with Gasteiger partial charge in [0, 0.05) is 7.11 Å². The van der Waals surface area contributed by atoms with E-state index in [2.05, 4.69) is 19.7 Å². The van der Waals surface area contributed by atoms with Gasteiger partial charge in [0.05, 0.1) is 13.7 Å². The number of nitrogens with zero attached hydrogens (tertiary/aromatic N) is 3. The van der Waals surface area contributed by atoms with Crippen LogP contribution in [0.4, 0.5) is 0 Å². The molecule has 1 rings (SSSR count). The van der Waals surface area contributed by atoms with Crippen molar-refractivity contribution in [1.82, 2.24) is 14.8 Å². The first-order valence-electron chi connectivity index (χ1n) is 3.86. The average molecular weight is 201 g/mol. The predicted molar refractivity (Wildman–Crippen MR) is 44.4 cm³/mol. The molecule has 0 radical (unpaired) electrons. The number of rotatable bonds is 4. The molecule has 0 aliphatic rings. The van der Waals surface area contributed by atoms with Crippen LogP contribution in [0, 0.1) is 0 Å². The number of aromatic nitrogens is 3. The van der Waals surface area contributed by atoms with E-state index < -0.39 is 12.3 Å². The molecule has 0 aromatic carbocycles. The van der Waals surface area contributed by atoms with Gasteiger partial charge >= 0.3 is 5.97 Å². The number of aliphatic hydroxyl groups excluding tert-OH is 1. The van der Waals surface area contributed by atoms with Gasteiger partial charge in [0.15, 0.2) is 6.29 Å². The second-order valence-corrected chi connectivity index (χ2v) is 2.49. The molecule has 0 saturated heterocycles. The maximum atomic E-state index is 11.1. The molecule has 7 nitrogen and oxygen atoms in total. The maximum Gasteiger partial charge on any atom is 0.376 e. The summed E-state index contributed by atoms with van der Waals surface area (Å²) in [5.41, 5.74) is 0. The fourth-order valence-corrected chi connectivity index (χ4v) is 0.881. The third-order valence-electron chi connectivity index (χ3n) is 1.61. The zero-order valence-corrected chi connectivity index (χ0v) is 7.88. The van der Waals surface area contributed by atoms with Crippen LogP contribution in [0.2, 0.25) is 0 Å². The van der Waals surface area contributed by atoms with Crippen molar-refractivity contribution in [3.63, 3.8) is 0 Å². The Balaban J connectivity index is 2.77. The van der Waals surface area contributed by atoms with E-state index in [4.69, 9.17) is 5.11 Å². The van der Waals surface area contributed by atoms with Gasteiger partial charge in [0.2, 0.25) is 5.82 Å². The summed E-state index contributed by atoms with van der Waals surface area (Å²) in [6.07, 6.45) is 0.309. The number of carbonyl (C=O) groups excluding carboxylic acids is 1. The van der Waals surface area contributed by atoms with Gasteiger partial charge in [0.1, 0.15) is 6.33 Å². The molecule has 0 spiro atoms. The molecule has 0 amide bonds. The van der Waals surface area contributed by atoms with E-state index in [9.17, 15) is 4.79 Å². The quantitative estimate of drug-likeness (QED) is 0.498. The van der Waals surface area contributed by atoms with Crippen LogP contribution >= 0.6 is 0 Å². The molecule has 0 aliphatic heterocycles. The van der Waals surface area contributed by atoms with E-state index >= 15 is 0 Å². The lowest BCUT2D eigenvalue weighted by Gasteiger charge is -2.09. The molecule has 7 heteroatoms. The van der Waals surface area contributed by atoms with Crippen molar-refractivity contribution >= 4 is 5.97 Å². The van der Waals surface area contributed by atoms with E-state index in [1.165, 1.54) is 25.1 Å². The van der Waals surface area contributed by atoms with Crippen molar-refractivity contribution in [2.24, 2.45) is 0 Å². The van der Waals surface area contributed by atoms with Gasteiger partial charge in [-0.15, -0.1) is 10.2 Å². The van der Waals surface area contributed by atoms with Crippen LogP contribution in [-0.2, 0) is 16.0 Å². The van der Waals surface area contributed by atoms with Gasteiger partial charge in [-0.25, -0.2) is 4.79 Å². The lowest BCUT2D eigenvalue weighted by molar-refractivity contribution is -0.0838. The fraction of sp³-hybridized carbons (Fsp3) is 0.571. The van der Waals surface area contributed by atoms with Gasteiger partial charge in [-0.3, -0.25) is 0 Å². The number of hydrogen-bond acceptors (Lipinski definition) is 6. The summed E-state index contributed by atoms with van der Waals surface area (Å²) in [5, 5.41) is 16.2. The highest BCUT2D eigenvalue weighted by Crippen LogP contribution is 1.99. The highest BCUT2D eigenvalue weighted by atomic mass is 16.6. The first-order valence-corrected chi connectivity index (χ1v) is 3.86. The molecule has 1 heterocycles. The lowest BCUT2D eigenvalue weighted by Crippen LogP contribution is -2.21. The molecule has 0 saturated carbocycles. The van der Waals surface area contributed by atoms with Crippen LogP contribution < -0.4 is 0 Å². The molecule has 0 aliphatic carbocycles. The van der Waals surface area contributed by atoms with Gasteiger partial charge in [0.25, 0.3) is 0 Å². The summed E-state index contributed by atoms with van der Waals surface area (Å²) in [5.74, 6) is -0.575. The number of ether oxygens (including phenoxy) is 2. The minimum Gasteiger partial charge on any atom is -0.463 e. The first-order chi connectivity index (χ1) is 6.69. The largest absolute Gasteiger partial charge is 0.463 e. The topological polar surface area (TPSA) is 86.5 Å². The second kappa shape index (κ2) is 4.68. The Bertz CT molecular complexity index is 312. The van der Waals surface area contributed by atoms with E-state index in [0.29, 0.717) is 0 Å². The molecule has 1 atom stereocenters. The van der Waals surface area contributed by atoms with E-state index in [1.54, 1.807) is 0 Å². The Labute approximate surface area is 80.3 Å². The summed E-state index contributed by atoms with van der Waals surface area (Å²) in [6, 6.07) is 0. The van der Waals surface area contributed by atoms with Gasteiger partial charge in [-0.05, 0) is 0 Å². The SMILES string of the molecule is COC(=O)c1nncn1CC(O)OC. The maximum absolute atomic E-state index is 11.1. The van der Waals surface area contributed by atoms with Crippen LogP contribution in [0.1, 0.15) is 10.6 Å². The average Bonchev–Trinajstić information content (AvgIpc) is 2.64. The van der Waals surface area contributed by atoms with Crippen LogP contribution in [0.25, 0.3) is 0 Å². The Kier molecular flexibility index (Phi) is 3.55. The predicted octanol–water partition coefficient (Wildman–Crippen LogP) is -0.971. The summed E-state index contributed by atoms with van der Waals surface area (Å²) in [7, 11) is 2.60. The number of hydrogen-bond donors (Lipinski definition) is 1. The molecule has 0 fully saturated rings. The summed E-state index contributed by atoms with van der Waals surface area (Å²) >= 11 is 0. The van der Waals surface area contributed by atoms with Crippen molar-refractivity contribution in [2.45, 2.75) is 12.8 Å². The minimum absolute atomic E-state index is 0.0311. The highest BCUT2D eigenvalue weighted by molar-refractivity contribution is 5.85. The van der Waals surface area contributed by atoms with Crippen molar-refractivity contribution in [3.8, 4) is 0 Å². The van der Waals surface area contributed by atoms with E-state index in [0.717, 1.165) is 0 Å². The summed E-state index contributed by atoms with van der Waals surface area (Å²) < 4.78 is 10.4. The van der Waals surface area contributed by atoms with Crippen molar-refractivity contribution in [2.75, 3.05) is 14.2 Å². The van der Waals surface area contributed by atoms with Crippen LogP contribution in [-0.4, -0.2) is 46.3 Å². The van der Waals surface area contributed by atoms with Crippen molar-refractivity contribution in [3.05, 3.63) is 12.2 Å². The number of esters is 1. The molecule has 1 N–H and O–H groups in total. The lowest BCUT2D eigenvalue weighted by atomic mass is 10.5. The van der Waals surface area contributed by atoms with Crippen LogP contribution in [0.5, 0.6) is 0 Å². The van der Waals surface area contributed by atoms with Gasteiger partial charge in [-0.2, -0.15) is 0 Å². The summed E-state index contributed by atoms with van der Waals surface area (Å²) in [4.78, 5) is 11.1. The van der Waals surface area contributed by atoms with Gasteiger partial charge < -0.3 is 19.1 Å². The molecule has 0 bridgehead atoms. The molecule has 1 unspecified atom stereocenters. The third kappa shape index (κ3) is 2.27. The zero-order chi connectivity index (χ0) is 10.6. The summed E-state index contributed by atoms with van der Waals surface area (Å²) in [6.45, 7) is 0.0773. The fourth-order valence-electron chi connectivity index (χ4n) is 0.881. The second-order valence-electron chi connectivity index (χ2n) is 2.49. The number of carbonyl (C=O) groups is 1. The number of aliphatic hydroxyl groups is 1. The number of methoxy groups -OCH3 is 2. The van der Waals surface area contributed by atoms with Crippen LogP contribution in [0.3, 0.4) is 0 Å². The molecule has 78 valence electrons.